The predicted octanol–water partition coefficient (Wildman–Crippen LogP) is -0.604. The lowest BCUT2D eigenvalue weighted by molar-refractivity contribution is -0.129. The Balaban J connectivity index is 1.44. The number of aliphatic imine (C=N–C) groups is 1. The Morgan fingerprint density at radius 1 is 1.19 bits per heavy atom. The van der Waals surface area contributed by atoms with Crippen LogP contribution in [-0.4, -0.2) is 95.2 Å². The van der Waals surface area contributed by atoms with Gasteiger partial charge in [-0.05, 0) is 6.42 Å². The Morgan fingerprint density at radius 3 is 2.65 bits per heavy atom. The number of aryl methyl sites for hydroxylation is 1. The Kier molecular flexibility index (Phi) is 6.08. The zero-order valence-corrected chi connectivity index (χ0v) is 16.1. The number of hydrogen-bond donors (Lipinski definition) is 1. The zero-order chi connectivity index (χ0) is 18.5. The van der Waals surface area contributed by atoms with Crippen LogP contribution in [0.1, 0.15) is 24.5 Å². The summed E-state index contributed by atoms with van der Waals surface area (Å²) in [6.07, 6.45) is 2.77. The van der Waals surface area contributed by atoms with Crippen LogP contribution in [0.3, 0.4) is 0 Å². The van der Waals surface area contributed by atoms with Gasteiger partial charge in [-0.25, -0.2) is 0 Å². The van der Waals surface area contributed by atoms with E-state index in [4.69, 9.17) is 0 Å². The molecule has 3 rings (SSSR count). The van der Waals surface area contributed by atoms with Crippen LogP contribution in [0.15, 0.2) is 4.99 Å². The molecule has 1 amide bonds. The van der Waals surface area contributed by atoms with Gasteiger partial charge in [-0.15, -0.1) is 10.2 Å². The van der Waals surface area contributed by atoms with E-state index in [2.05, 4.69) is 34.9 Å². The summed E-state index contributed by atoms with van der Waals surface area (Å²) in [6.45, 7) is 6.20. The van der Waals surface area contributed by atoms with Gasteiger partial charge in [0.05, 0.1) is 6.54 Å². The number of guanidine groups is 1. The Morgan fingerprint density at radius 2 is 1.96 bits per heavy atom. The molecule has 1 saturated heterocycles. The smallest absolute Gasteiger partial charge is 0.223 e. The van der Waals surface area contributed by atoms with Crippen molar-refractivity contribution in [1.82, 2.24) is 34.8 Å². The van der Waals surface area contributed by atoms with Gasteiger partial charge in [0, 0.05) is 73.3 Å². The van der Waals surface area contributed by atoms with Gasteiger partial charge in [0.1, 0.15) is 5.82 Å². The van der Waals surface area contributed by atoms with Crippen LogP contribution in [0.4, 0.5) is 0 Å². The molecule has 9 heteroatoms. The molecule has 1 N–H and O–H groups in total. The van der Waals surface area contributed by atoms with Crippen LogP contribution in [0.5, 0.6) is 0 Å². The fourth-order valence-electron chi connectivity index (χ4n) is 3.49. The van der Waals surface area contributed by atoms with E-state index in [1.807, 2.05) is 7.05 Å². The molecule has 1 aromatic heterocycles. The topological polar surface area (TPSA) is 81.9 Å². The number of nitrogens with zero attached hydrogens (tertiary/aromatic N) is 7. The van der Waals surface area contributed by atoms with Crippen molar-refractivity contribution in [3.63, 3.8) is 0 Å². The minimum absolute atomic E-state index is 0.186. The number of nitrogens with one attached hydrogen (secondary N) is 1. The van der Waals surface area contributed by atoms with Crippen molar-refractivity contribution in [1.29, 1.82) is 0 Å². The van der Waals surface area contributed by atoms with Crippen molar-refractivity contribution in [2.75, 3.05) is 53.9 Å². The number of hydrogen-bond acceptors (Lipinski definition) is 5. The van der Waals surface area contributed by atoms with Crippen LogP contribution < -0.4 is 5.32 Å². The summed E-state index contributed by atoms with van der Waals surface area (Å²) in [7, 11) is 5.43. The summed E-state index contributed by atoms with van der Waals surface area (Å²) in [4.78, 5) is 22.4. The SMILES string of the molecule is CN=C(NCc1nnc2n1CCC2)N1CCN(CCC(=O)N(C)C)CC1. The van der Waals surface area contributed by atoms with E-state index in [1.54, 1.807) is 19.0 Å². The number of rotatable bonds is 5. The summed E-state index contributed by atoms with van der Waals surface area (Å²) >= 11 is 0. The molecule has 26 heavy (non-hydrogen) atoms. The van der Waals surface area contributed by atoms with Gasteiger partial charge in [0.25, 0.3) is 0 Å². The molecule has 0 saturated carbocycles. The second-order valence-corrected chi connectivity index (χ2v) is 7.06. The monoisotopic (exact) mass is 362 g/mol. The summed E-state index contributed by atoms with van der Waals surface area (Å²) < 4.78 is 2.21. The van der Waals surface area contributed by atoms with Crippen molar-refractivity contribution in [3.05, 3.63) is 11.6 Å². The molecular formula is C17H30N8O. The number of aromatic nitrogens is 3. The van der Waals surface area contributed by atoms with Gasteiger partial charge in [0.15, 0.2) is 11.8 Å². The van der Waals surface area contributed by atoms with E-state index in [9.17, 15) is 4.79 Å². The van der Waals surface area contributed by atoms with Gasteiger partial charge < -0.3 is 19.7 Å². The highest BCUT2D eigenvalue weighted by Gasteiger charge is 2.21. The van der Waals surface area contributed by atoms with E-state index in [1.165, 1.54) is 0 Å². The second-order valence-electron chi connectivity index (χ2n) is 7.06. The van der Waals surface area contributed by atoms with E-state index in [0.717, 1.165) is 69.7 Å². The molecule has 0 atom stereocenters. The number of fused-ring (bicyclic) bond motifs is 1. The van der Waals surface area contributed by atoms with E-state index in [-0.39, 0.29) is 5.91 Å². The molecule has 0 spiro atoms. The Hall–Kier alpha value is -2.16. The van der Waals surface area contributed by atoms with Crippen LogP contribution in [0.2, 0.25) is 0 Å². The van der Waals surface area contributed by atoms with Gasteiger partial charge in [-0.2, -0.15) is 0 Å². The molecule has 0 aromatic carbocycles. The number of carbonyl (C=O) groups excluding carboxylic acids is 1. The van der Waals surface area contributed by atoms with Crippen LogP contribution in [0, 0.1) is 0 Å². The summed E-state index contributed by atoms with van der Waals surface area (Å²) in [6, 6.07) is 0. The molecule has 2 aliphatic rings. The summed E-state index contributed by atoms with van der Waals surface area (Å²) in [5, 5.41) is 12.0. The first-order chi connectivity index (χ1) is 12.6. The molecule has 0 aliphatic carbocycles. The predicted molar refractivity (Wildman–Crippen MR) is 99.9 cm³/mol. The molecule has 3 heterocycles. The normalized spacial score (nSPS) is 18.1. The highest BCUT2D eigenvalue weighted by molar-refractivity contribution is 5.80. The van der Waals surface area contributed by atoms with Crippen molar-refractivity contribution in [3.8, 4) is 0 Å². The first-order valence-electron chi connectivity index (χ1n) is 9.37. The van der Waals surface area contributed by atoms with Gasteiger partial charge in [-0.3, -0.25) is 14.7 Å². The lowest BCUT2D eigenvalue weighted by atomic mass is 10.3. The van der Waals surface area contributed by atoms with Gasteiger partial charge >= 0.3 is 0 Å². The minimum atomic E-state index is 0.186. The van der Waals surface area contributed by atoms with Crippen molar-refractivity contribution in [2.45, 2.75) is 32.4 Å². The van der Waals surface area contributed by atoms with E-state index >= 15 is 0 Å². The maximum atomic E-state index is 11.7. The third-order valence-corrected chi connectivity index (χ3v) is 5.12. The first-order valence-corrected chi connectivity index (χ1v) is 9.37. The maximum Gasteiger partial charge on any atom is 0.223 e. The fourth-order valence-corrected chi connectivity index (χ4v) is 3.49. The van der Waals surface area contributed by atoms with E-state index in [0.29, 0.717) is 13.0 Å². The first kappa shape index (κ1) is 18.6. The highest BCUT2D eigenvalue weighted by Crippen LogP contribution is 2.13. The molecule has 144 valence electrons. The quantitative estimate of drug-likeness (QED) is 0.556. The van der Waals surface area contributed by atoms with Crippen molar-refractivity contribution in [2.24, 2.45) is 4.99 Å². The lowest BCUT2D eigenvalue weighted by Gasteiger charge is -2.36. The largest absolute Gasteiger partial charge is 0.349 e. The summed E-state index contributed by atoms with van der Waals surface area (Å²) in [5.74, 6) is 3.17. The third-order valence-electron chi connectivity index (χ3n) is 5.12. The minimum Gasteiger partial charge on any atom is -0.349 e. The molecule has 0 radical (unpaired) electrons. The molecule has 9 nitrogen and oxygen atoms in total. The summed E-state index contributed by atoms with van der Waals surface area (Å²) in [5.41, 5.74) is 0. The molecule has 0 bridgehead atoms. The van der Waals surface area contributed by atoms with Gasteiger partial charge in [0.2, 0.25) is 5.91 Å². The Labute approximate surface area is 155 Å². The molecular weight excluding hydrogens is 332 g/mol. The molecule has 2 aliphatic heterocycles. The molecule has 0 unspecified atom stereocenters. The molecule has 1 fully saturated rings. The standard InChI is InChI=1S/C17H30N8O/c1-18-17(19-13-15-21-20-14-5-4-7-25(14)15)24-11-9-23(10-12-24)8-6-16(26)22(2)3/h4-13H2,1-3H3,(H,18,19). The number of piperazine rings is 1. The number of amides is 1. The molecule has 1 aromatic rings. The highest BCUT2D eigenvalue weighted by atomic mass is 16.2. The van der Waals surface area contributed by atoms with Crippen LogP contribution in [-0.2, 0) is 24.3 Å². The fraction of sp³-hybridized carbons (Fsp3) is 0.765. The second kappa shape index (κ2) is 8.48. The van der Waals surface area contributed by atoms with Crippen LogP contribution in [0.25, 0.3) is 0 Å². The zero-order valence-electron chi connectivity index (χ0n) is 16.1. The number of carbonyl (C=O) groups is 1. The van der Waals surface area contributed by atoms with Crippen LogP contribution >= 0.6 is 0 Å². The maximum absolute atomic E-state index is 11.7. The lowest BCUT2D eigenvalue weighted by Crippen LogP contribution is -2.52. The van der Waals surface area contributed by atoms with Crippen molar-refractivity contribution < 1.29 is 4.79 Å². The average Bonchev–Trinajstić information content (AvgIpc) is 3.25. The average molecular weight is 362 g/mol. The third kappa shape index (κ3) is 4.32. The Bertz CT molecular complexity index is 645. The van der Waals surface area contributed by atoms with Crippen molar-refractivity contribution >= 4 is 11.9 Å². The van der Waals surface area contributed by atoms with E-state index < -0.39 is 0 Å². The van der Waals surface area contributed by atoms with Gasteiger partial charge in [-0.1, -0.05) is 0 Å².